The number of anilines is 1. The van der Waals surface area contributed by atoms with Crippen molar-refractivity contribution in [2.24, 2.45) is 0 Å². The first-order valence-electron chi connectivity index (χ1n) is 8.10. The molecule has 1 saturated heterocycles. The van der Waals surface area contributed by atoms with Crippen molar-refractivity contribution in [1.29, 1.82) is 0 Å². The summed E-state index contributed by atoms with van der Waals surface area (Å²) in [6.45, 7) is 6.77. The topological polar surface area (TPSA) is 54.5 Å². The zero-order valence-corrected chi connectivity index (χ0v) is 14.2. The third kappa shape index (κ3) is 3.75. The SMILES string of the molecule is CC(C)(C)OC(=O)N1CC[C@@H](Nc2cccc3ncc(F)cc23)C1. The maximum Gasteiger partial charge on any atom is 0.410 e. The Hall–Kier alpha value is -2.37. The minimum absolute atomic E-state index is 0.103. The number of hydrogen-bond donors (Lipinski definition) is 1. The molecule has 2 aromatic rings. The van der Waals surface area contributed by atoms with Crippen LogP contribution in [0.2, 0.25) is 0 Å². The Bertz CT molecular complexity index is 758. The molecule has 128 valence electrons. The van der Waals surface area contributed by atoms with E-state index in [0.717, 1.165) is 23.0 Å². The molecule has 0 radical (unpaired) electrons. The number of ether oxygens (including phenoxy) is 1. The van der Waals surface area contributed by atoms with Gasteiger partial charge in [-0.1, -0.05) is 6.07 Å². The summed E-state index contributed by atoms with van der Waals surface area (Å²) in [5.74, 6) is -0.362. The number of hydrogen-bond acceptors (Lipinski definition) is 4. The van der Waals surface area contributed by atoms with Gasteiger partial charge in [0, 0.05) is 30.2 Å². The monoisotopic (exact) mass is 331 g/mol. The predicted octanol–water partition coefficient (Wildman–Crippen LogP) is 3.80. The molecule has 1 aliphatic heterocycles. The van der Waals surface area contributed by atoms with Crippen LogP contribution in [0.1, 0.15) is 27.2 Å². The number of likely N-dealkylation sites (tertiary alicyclic amines) is 1. The van der Waals surface area contributed by atoms with Gasteiger partial charge in [0.25, 0.3) is 0 Å². The van der Waals surface area contributed by atoms with Crippen molar-refractivity contribution in [2.45, 2.75) is 38.8 Å². The van der Waals surface area contributed by atoms with Crippen LogP contribution < -0.4 is 5.32 Å². The number of amides is 1. The summed E-state index contributed by atoms with van der Waals surface area (Å²) in [5.41, 5.74) is 1.07. The third-order valence-electron chi connectivity index (χ3n) is 3.89. The lowest BCUT2D eigenvalue weighted by Gasteiger charge is -2.24. The van der Waals surface area contributed by atoms with Gasteiger partial charge in [0.2, 0.25) is 0 Å². The Kier molecular flexibility index (Phi) is 4.30. The quantitative estimate of drug-likeness (QED) is 0.909. The van der Waals surface area contributed by atoms with Crippen LogP contribution in [-0.4, -0.2) is 40.7 Å². The second-order valence-electron chi connectivity index (χ2n) is 7.08. The third-order valence-corrected chi connectivity index (χ3v) is 3.89. The van der Waals surface area contributed by atoms with E-state index in [0.29, 0.717) is 13.1 Å². The van der Waals surface area contributed by atoms with E-state index in [-0.39, 0.29) is 18.0 Å². The van der Waals surface area contributed by atoms with Crippen molar-refractivity contribution < 1.29 is 13.9 Å². The van der Waals surface area contributed by atoms with Crippen LogP contribution in [0.4, 0.5) is 14.9 Å². The van der Waals surface area contributed by atoms with Crippen molar-refractivity contribution in [2.75, 3.05) is 18.4 Å². The molecule has 0 spiro atoms. The number of benzene rings is 1. The molecule has 1 N–H and O–H groups in total. The summed E-state index contributed by atoms with van der Waals surface area (Å²) in [7, 11) is 0. The molecule has 5 nitrogen and oxygen atoms in total. The van der Waals surface area contributed by atoms with Crippen LogP contribution in [0.15, 0.2) is 30.5 Å². The molecule has 1 fully saturated rings. The molecule has 0 bridgehead atoms. The van der Waals surface area contributed by atoms with Crippen molar-refractivity contribution in [3.63, 3.8) is 0 Å². The number of carbonyl (C=O) groups is 1. The predicted molar refractivity (Wildman–Crippen MR) is 91.5 cm³/mol. The Balaban J connectivity index is 1.70. The van der Waals surface area contributed by atoms with Crippen LogP contribution in [0.5, 0.6) is 0 Å². The number of nitrogens with zero attached hydrogens (tertiary/aromatic N) is 2. The van der Waals surface area contributed by atoms with E-state index in [4.69, 9.17) is 4.74 Å². The first kappa shape index (κ1) is 16.5. The fraction of sp³-hybridized carbons (Fsp3) is 0.444. The van der Waals surface area contributed by atoms with Gasteiger partial charge in [-0.2, -0.15) is 0 Å². The van der Waals surface area contributed by atoms with Crippen molar-refractivity contribution in [3.05, 3.63) is 36.3 Å². The van der Waals surface area contributed by atoms with Gasteiger partial charge >= 0.3 is 6.09 Å². The van der Waals surface area contributed by atoms with Crippen LogP contribution >= 0.6 is 0 Å². The highest BCUT2D eigenvalue weighted by Crippen LogP contribution is 2.25. The lowest BCUT2D eigenvalue weighted by Crippen LogP contribution is -2.36. The van der Waals surface area contributed by atoms with E-state index < -0.39 is 5.60 Å². The number of rotatable bonds is 2. The number of fused-ring (bicyclic) bond motifs is 1. The van der Waals surface area contributed by atoms with Gasteiger partial charge in [0.1, 0.15) is 11.4 Å². The van der Waals surface area contributed by atoms with E-state index in [9.17, 15) is 9.18 Å². The lowest BCUT2D eigenvalue weighted by molar-refractivity contribution is 0.0293. The fourth-order valence-corrected chi connectivity index (χ4v) is 2.84. The van der Waals surface area contributed by atoms with E-state index in [1.165, 1.54) is 12.3 Å². The number of aromatic nitrogens is 1. The summed E-state index contributed by atoms with van der Waals surface area (Å²) in [4.78, 5) is 17.9. The second kappa shape index (κ2) is 6.26. The minimum atomic E-state index is -0.499. The molecule has 1 amide bonds. The Morgan fingerprint density at radius 3 is 2.96 bits per heavy atom. The van der Waals surface area contributed by atoms with E-state index in [1.807, 2.05) is 39.0 Å². The molecule has 1 aromatic carbocycles. The van der Waals surface area contributed by atoms with Gasteiger partial charge in [-0.25, -0.2) is 9.18 Å². The summed E-state index contributed by atoms with van der Waals surface area (Å²) in [5, 5.41) is 4.15. The first-order valence-corrected chi connectivity index (χ1v) is 8.10. The number of carbonyl (C=O) groups excluding carboxylic acids is 1. The van der Waals surface area contributed by atoms with Gasteiger partial charge in [-0.3, -0.25) is 4.98 Å². The molecule has 0 saturated carbocycles. The summed E-state index contributed by atoms with van der Waals surface area (Å²) in [6.07, 6.45) is 1.74. The number of pyridine rings is 1. The normalized spacial score (nSPS) is 18.0. The molecule has 0 unspecified atom stereocenters. The van der Waals surface area contributed by atoms with Crippen LogP contribution in [0, 0.1) is 5.82 Å². The Morgan fingerprint density at radius 2 is 2.21 bits per heavy atom. The maximum absolute atomic E-state index is 13.5. The average Bonchev–Trinajstić information content (AvgIpc) is 2.95. The molecular formula is C18H22FN3O2. The molecular weight excluding hydrogens is 309 g/mol. The molecule has 1 atom stereocenters. The molecule has 6 heteroatoms. The van der Waals surface area contributed by atoms with Crippen molar-refractivity contribution in [1.82, 2.24) is 9.88 Å². The van der Waals surface area contributed by atoms with E-state index in [2.05, 4.69) is 10.3 Å². The molecule has 1 aromatic heterocycles. The Labute approximate surface area is 140 Å². The molecule has 2 heterocycles. The van der Waals surface area contributed by atoms with Crippen LogP contribution in [-0.2, 0) is 4.74 Å². The van der Waals surface area contributed by atoms with Crippen LogP contribution in [0.3, 0.4) is 0 Å². The van der Waals surface area contributed by atoms with E-state index >= 15 is 0 Å². The summed E-state index contributed by atoms with van der Waals surface area (Å²) in [6, 6.07) is 7.22. The summed E-state index contributed by atoms with van der Waals surface area (Å²) >= 11 is 0. The number of nitrogens with one attached hydrogen (secondary N) is 1. The fourth-order valence-electron chi connectivity index (χ4n) is 2.84. The zero-order valence-electron chi connectivity index (χ0n) is 14.2. The van der Waals surface area contributed by atoms with Gasteiger partial charge < -0.3 is 15.0 Å². The highest BCUT2D eigenvalue weighted by molar-refractivity contribution is 5.91. The van der Waals surface area contributed by atoms with Crippen LogP contribution in [0.25, 0.3) is 10.9 Å². The molecule has 0 aliphatic carbocycles. The largest absolute Gasteiger partial charge is 0.444 e. The molecule has 1 aliphatic rings. The van der Waals surface area contributed by atoms with Crippen molar-refractivity contribution in [3.8, 4) is 0 Å². The van der Waals surface area contributed by atoms with Crippen molar-refractivity contribution >= 4 is 22.7 Å². The smallest absolute Gasteiger partial charge is 0.410 e. The van der Waals surface area contributed by atoms with Gasteiger partial charge in [0.15, 0.2) is 0 Å². The van der Waals surface area contributed by atoms with Gasteiger partial charge in [-0.15, -0.1) is 0 Å². The molecule has 24 heavy (non-hydrogen) atoms. The standard InChI is InChI=1S/C18H22FN3O2/c1-18(2,3)24-17(23)22-8-7-13(11-22)21-16-6-4-5-15-14(16)9-12(19)10-20-15/h4-6,9-10,13,21H,7-8,11H2,1-3H3/t13-/m1/s1. The number of halogens is 1. The lowest BCUT2D eigenvalue weighted by atomic mass is 10.1. The van der Waals surface area contributed by atoms with Gasteiger partial charge in [0.05, 0.1) is 11.7 Å². The molecule has 3 rings (SSSR count). The first-order chi connectivity index (χ1) is 11.3. The Morgan fingerprint density at radius 1 is 1.42 bits per heavy atom. The zero-order chi connectivity index (χ0) is 17.3. The average molecular weight is 331 g/mol. The van der Waals surface area contributed by atoms with E-state index in [1.54, 1.807) is 4.90 Å². The van der Waals surface area contributed by atoms with Gasteiger partial charge in [-0.05, 0) is 45.4 Å². The highest BCUT2D eigenvalue weighted by atomic mass is 19.1. The summed E-state index contributed by atoms with van der Waals surface area (Å²) < 4.78 is 18.9. The highest BCUT2D eigenvalue weighted by Gasteiger charge is 2.29. The second-order valence-corrected chi connectivity index (χ2v) is 7.08. The minimum Gasteiger partial charge on any atom is -0.444 e. The maximum atomic E-state index is 13.5.